The first-order valence-electron chi connectivity index (χ1n) is 7.68. The molecule has 0 aromatic heterocycles. The monoisotopic (exact) mass is 288 g/mol. The van der Waals surface area contributed by atoms with E-state index in [1.807, 2.05) is 13.0 Å². The van der Waals surface area contributed by atoms with Gasteiger partial charge >= 0.3 is 0 Å². The Labute approximate surface area is 129 Å². The van der Waals surface area contributed by atoms with Crippen LogP contribution in [0.5, 0.6) is 0 Å². The maximum Gasteiger partial charge on any atom is 0.173 e. The molecule has 0 aromatic rings. The fourth-order valence-corrected chi connectivity index (χ4v) is 2.07. The molecule has 0 amide bonds. The molecule has 21 heavy (non-hydrogen) atoms. The lowest BCUT2D eigenvalue weighted by Crippen LogP contribution is -2.08. The molecule has 0 aliphatic rings. The van der Waals surface area contributed by atoms with E-state index in [0.717, 1.165) is 19.3 Å². The Kier molecular flexibility index (Phi) is 10.1. The SMILES string of the molecule is CCC(C#N)/C=C\C(CC)C/C(C)=C/C/C(=N\C)C(C)=O. The lowest BCUT2D eigenvalue weighted by atomic mass is 9.94. The summed E-state index contributed by atoms with van der Waals surface area (Å²) < 4.78 is 0. The predicted octanol–water partition coefficient (Wildman–Crippen LogP) is 4.50. The predicted molar refractivity (Wildman–Crippen MR) is 89.3 cm³/mol. The van der Waals surface area contributed by atoms with Gasteiger partial charge < -0.3 is 0 Å². The number of ketones is 1. The molecule has 0 aliphatic carbocycles. The second-order valence-electron chi connectivity index (χ2n) is 5.38. The number of nitriles is 1. The van der Waals surface area contributed by atoms with E-state index in [1.54, 1.807) is 14.0 Å². The average Bonchev–Trinajstić information content (AvgIpc) is 2.47. The van der Waals surface area contributed by atoms with Gasteiger partial charge in [0, 0.05) is 20.4 Å². The normalized spacial score (nSPS) is 15.8. The van der Waals surface area contributed by atoms with Gasteiger partial charge in [-0.05, 0) is 32.1 Å². The van der Waals surface area contributed by atoms with Crippen LogP contribution in [-0.4, -0.2) is 18.5 Å². The molecule has 0 saturated heterocycles. The number of hydrogen-bond acceptors (Lipinski definition) is 3. The van der Waals surface area contributed by atoms with Crippen molar-refractivity contribution < 1.29 is 4.79 Å². The molecule has 0 fully saturated rings. The largest absolute Gasteiger partial charge is 0.293 e. The number of carbonyl (C=O) groups excluding carboxylic acids is 1. The van der Waals surface area contributed by atoms with Crippen molar-refractivity contribution in [1.29, 1.82) is 5.26 Å². The van der Waals surface area contributed by atoms with Crippen LogP contribution in [0.25, 0.3) is 0 Å². The first kappa shape index (κ1) is 19.3. The quantitative estimate of drug-likeness (QED) is 0.463. The highest BCUT2D eigenvalue weighted by atomic mass is 16.1. The summed E-state index contributed by atoms with van der Waals surface area (Å²) in [6, 6.07) is 2.29. The molecule has 0 rings (SSSR count). The molecular weight excluding hydrogens is 260 g/mol. The molecule has 0 aliphatic heterocycles. The van der Waals surface area contributed by atoms with Gasteiger partial charge in [0.25, 0.3) is 0 Å². The maximum absolute atomic E-state index is 11.3. The van der Waals surface area contributed by atoms with Gasteiger partial charge in [0.2, 0.25) is 0 Å². The molecule has 116 valence electrons. The van der Waals surface area contributed by atoms with E-state index in [4.69, 9.17) is 5.26 Å². The molecule has 0 bridgehead atoms. The Balaban J connectivity index is 4.61. The fraction of sp³-hybridized carbons (Fsp3) is 0.611. The van der Waals surface area contributed by atoms with Crippen LogP contribution in [0, 0.1) is 23.2 Å². The van der Waals surface area contributed by atoms with Gasteiger partial charge in [-0.2, -0.15) is 5.26 Å². The van der Waals surface area contributed by atoms with E-state index in [-0.39, 0.29) is 11.7 Å². The number of nitrogens with zero attached hydrogens (tertiary/aromatic N) is 2. The number of hydrogen-bond donors (Lipinski definition) is 0. The van der Waals surface area contributed by atoms with Gasteiger partial charge in [-0.25, -0.2) is 0 Å². The van der Waals surface area contributed by atoms with E-state index in [2.05, 4.69) is 37.1 Å². The molecule has 0 spiro atoms. The molecular formula is C18H28N2O. The van der Waals surface area contributed by atoms with Gasteiger partial charge in [-0.3, -0.25) is 9.79 Å². The first-order chi connectivity index (χ1) is 9.98. The second kappa shape index (κ2) is 11.0. The second-order valence-corrected chi connectivity index (χ2v) is 5.38. The van der Waals surface area contributed by atoms with Crippen molar-refractivity contribution in [2.24, 2.45) is 16.8 Å². The summed E-state index contributed by atoms with van der Waals surface area (Å²) in [6.45, 7) is 7.82. The standard InChI is InChI=1S/C18H28N2O/c1-6-16(9-10-17(7-2)13-19)12-14(3)8-11-18(20-5)15(4)21/h8-10,16-17H,6-7,11-12H2,1-5H3/b10-9-,14-8+,20-18+. The lowest BCUT2D eigenvalue weighted by Gasteiger charge is -2.11. The Morgan fingerprint density at radius 3 is 2.33 bits per heavy atom. The molecule has 2 atom stereocenters. The Hall–Kier alpha value is -1.69. The summed E-state index contributed by atoms with van der Waals surface area (Å²) in [5, 5.41) is 8.96. The molecule has 3 heteroatoms. The van der Waals surface area contributed by atoms with Gasteiger partial charge in [0.1, 0.15) is 0 Å². The minimum Gasteiger partial charge on any atom is -0.293 e. The molecule has 0 aromatic carbocycles. The van der Waals surface area contributed by atoms with Gasteiger partial charge in [0.05, 0.1) is 17.7 Å². The third-order valence-corrected chi connectivity index (χ3v) is 3.65. The minimum absolute atomic E-state index is 0.0138. The molecule has 0 N–H and O–H groups in total. The highest BCUT2D eigenvalue weighted by Crippen LogP contribution is 2.18. The summed E-state index contributed by atoms with van der Waals surface area (Å²) in [4.78, 5) is 15.3. The fourth-order valence-electron chi connectivity index (χ4n) is 2.07. The lowest BCUT2D eigenvalue weighted by molar-refractivity contribution is -0.111. The third-order valence-electron chi connectivity index (χ3n) is 3.65. The van der Waals surface area contributed by atoms with Crippen molar-refractivity contribution in [2.45, 2.75) is 53.4 Å². The van der Waals surface area contributed by atoms with Crippen molar-refractivity contribution in [1.82, 2.24) is 0 Å². The van der Waals surface area contributed by atoms with E-state index in [1.165, 1.54) is 5.57 Å². The summed E-state index contributed by atoms with van der Waals surface area (Å²) in [7, 11) is 1.66. The smallest absolute Gasteiger partial charge is 0.173 e. The van der Waals surface area contributed by atoms with Crippen LogP contribution in [-0.2, 0) is 4.79 Å². The third kappa shape index (κ3) is 8.24. The Morgan fingerprint density at radius 2 is 1.90 bits per heavy atom. The summed E-state index contributed by atoms with van der Waals surface area (Å²) in [6.07, 6.45) is 9.74. The number of rotatable bonds is 9. The molecule has 0 heterocycles. The minimum atomic E-state index is 0.0138. The van der Waals surface area contributed by atoms with Gasteiger partial charge in [-0.15, -0.1) is 0 Å². The number of aliphatic imine (C=N–C) groups is 1. The summed E-state index contributed by atoms with van der Waals surface area (Å²) >= 11 is 0. The average molecular weight is 288 g/mol. The number of carbonyl (C=O) groups is 1. The Morgan fingerprint density at radius 1 is 1.24 bits per heavy atom. The van der Waals surface area contributed by atoms with E-state index in [0.29, 0.717) is 18.1 Å². The van der Waals surface area contributed by atoms with Crippen LogP contribution in [0.4, 0.5) is 0 Å². The highest BCUT2D eigenvalue weighted by molar-refractivity contribution is 6.39. The molecule has 0 saturated carbocycles. The van der Waals surface area contributed by atoms with Crippen molar-refractivity contribution in [3.8, 4) is 6.07 Å². The molecule has 3 nitrogen and oxygen atoms in total. The van der Waals surface area contributed by atoms with Crippen LogP contribution in [0.2, 0.25) is 0 Å². The van der Waals surface area contributed by atoms with Crippen LogP contribution in [0.1, 0.15) is 53.4 Å². The highest BCUT2D eigenvalue weighted by Gasteiger charge is 2.07. The Bertz CT molecular complexity index is 452. The number of allylic oxidation sites excluding steroid dienone is 4. The summed E-state index contributed by atoms with van der Waals surface area (Å²) in [5.41, 5.74) is 1.88. The van der Waals surface area contributed by atoms with E-state index in [9.17, 15) is 4.79 Å². The summed E-state index contributed by atoms with van der Waals surface area (Å²) in [5.74, 6) is 0.496. The topological polar surface area (TPSA) is 53.2 Å². The molecule has 2 unspecified atom stereocenters. The van der Waals surface area contributed by atoms with E-state index < -0.39 is 0 Å². The van der Waals surface area contributed by atoms with E-state index >= 15 is 0 Å². The zero-order valence-electron chi connectivity index (χ0n) is 14.0. The van der Waals surface area contributed by atoms with Crippen LogP contribution < -0.4 is 0 Å². The van der Waals surface area contributed by atoms with Gasteiger partial charge in [-0.1, -0.05) is 37.6 Å². The first-order valence-corrected chi connectivity index (χ1v) is 7.68. The molecule has 0 radical (unpaired) electrons. The van der Waals surface area contributed by atoms with Crippen LogP contribution in [0.3, 0.4) is 0 Å². The van der Waals surface area contributed by atoms with Crippen molar-refractivity contribution in [2.75, 3.05) is 7.05 Å². The van der Waals surface area contributed by atoms with Crippen molar-refractivity contribution >= 4 is 11.5 Å². The van der Waals surface area contributed by atoms with Crippen LogP contribution >= 0.6 is 0 Å². The zero-order chi connectivity index (χ0) is 16.3. The number of Topliss-reactive ketones (excluding diaryl/α,β-unsaturated/α-hetero) is 1. The van der Waals surface area contributed by atoms with Crippen molar-refractivity contribution in [3.05, 3.63) is 23.8 Å². The van der Waals surface area contributed by atoms with Crippen molar-refractivity contribution in [3.63, 3.8) is 0 Å². The zero-order valence-corrected chi connectivity index (χ0v) is 14.0. The van der Waals surface area contributed by atoms with Gasteiger partial charge in [0.15, 0.2) is 5.78 Å². The van der Waals surface area contributed by atoms with Crippen LogP contribution in [0.15, 0.2) is 28.8 Å². The maximum atomic E-state index is 11.3.